The normalized spacial score (nSPS) is 19.7. The minimum absolute atomic E-state index is 0.312. The number of nitrogens with one attached hydrogen (secondary N) is 1. The molecule has 0 fully saturated rings. The van der Waals surface area contributed by atoms with Gasteiger partial charge in [0.25, 0.3) is 0 Å². The van der Waals surface area contributed by atoms with Gasteiger partial charge in [0.1, 0.15) is 5.92 Å². The highest BCUT2D eigenvalue weighted by atomic mass is 79.9. The van der Waals surface area contributed by atoms with Gasteiger partial charge in [-0.15, -0.1) is 0 Å². The molecule has 0 aliphatic carbocycles. The van der Waals surface area contributed by atoms with E-state index in [0.29, 0.717) is 15.8 Å². The average Bonchev–Trinajstić information content (AvgIpc) is 2.94. The maximum atomic E-state index is 12.0. The van der Waals surface area contributed by atoms with E-state index < -0.39 is 11.8 Å². The van der Waals surface area contributed by atoms with Crippen molar-refractivity contribution >= 4 is 50.8 Å². The molecule has 0 saturated carbocycles. The molecule has 1 aliphatic heterocycles. The van der Waals surface area contributed by atoms with Gasteiger partial charge < -0.3 is 11.2 Å². The van der Waals surface area contributed by atoms with E-state index in [1.807, 2.05) is 24.3 Å². The largest absolute Gasteiger partial charge is 0.369 e. The summed E-state index contributed by atoms with van der Waals surface area (Å²) in [5, 5.41) is 5.32. The third-order valence-electron chi connectivity index (χ3n) is 3.79. The molecule has 0 bridgehead atoms. The first-order chi connectivity index (χ1) is 11.5. The molecule has 3 N–H and O–H groups in total. The molecule has 7 heteroatoms. The van der Waals surface area contributed by atoms with Crippen molar-refractivity contribution in [2.45, 2.75) is 6.04 Å². The zero-order chi connectivity index (χ0) is 17.3. The van der Waals surface area contributed by atoms with E-state index in [1.165, 1.54) is 0 Å². The van der Waals surface area contributed by atoms with Gasteiger partial charge in [0, 0.05) is 20.9 Å². The Kier molecular flexibility index (Phi) is 5.13. The zero-order valence-corrected chi connectivity index (χ0v) is 15.4. The molecule has 4 nitrogen and oxygen atoms in total. The average molecular weight is 426 g/mol. The third-order valence-corrected chi connectivity index (χ3v) is 4.88. The summed E-state index contributed by atoms with van der Waals surface area (Å²) in [7, 11) is 0. The van der Waals surface area contributed by atoms with Crippen molar-refractivity contribution in [3.8, 4) is 0 Å². The zero-order valence-electron chi connectivity index (χ0n) is 12.3. The standard InChI is InChI=1S/C17H13BrCl2N3O/c18-11-4-1-9(2-5-11)16-15(17(21)24)14(22-23-16)7-10-3-6-12(19)8-13(10)20/h1-8,15-16,23H,(H2,21,24). The van der Waals surface area contributed by atoms with Crippen LogP contribution in [-0.4, -0.2) is 11.6 Å². The molecule has 123 valence electrons. The Morgan fingerprint density at radius 2 is 1.92 bits per heavy atom. The summed E-state index contributed by atoms with van der Waals surface area (Å²) < 4.78 is 0.959. The maximum Gasteiger partial charge on any atom is 0.228 e. The Hall–Kier alpha value is -1.56. The number of hydrogen-bond donors (Lipinski definition) is 2. The number of nitrogens with two attached hydrogens (primary N) is 1. The van der Waals surface area contributed by atoms with Crippen LogP contribution in [0.5, 0.6) is 0 Å². The maximum absolute atomic E-state index is 12.0. The molecule has 2 unspecified atom stereocenters. The molecular formula is C17H13BrCl2N3O. The molecule has 3 rings (SSSR count). The van der Waals surface area contributed by atoms with Crippen molar-refractivity contribution in [2.24, 2.45) is 16.8 Å². The molecule has 0 saturated heterocycles. The van der Waals surface area contributed by atoms with Crippen molar-refractivity contribution in [3.05, 3.63) is 74.5 Å². The summed E-state index contributed by atoms with van der Waals surface area (Å²) in [6.45, 7) is 0. The van der Waals surface area contributed by atoms with Crippen molar-refractivity contribution in [2.75, 3.05) is 0 Å². The first-order valence-corrected chi connectivity index (χ1v) is 8.68. The lowest BCUT2D eigenvalue weighted by atomic mass is 9.87. The number of rotatable bonds is 4. The number of hydrogen-bond acceptors (Lipinski definition) is 3. The smallest absolute Gasteiger partial charge is 0.228 e. The molecule has 0 aromatic heterocycles. The Bertz CT molecular complexity index is 808. The van der Waals surface area contributed by atoms with E-state index in [1.54, 1.807) is 24.6 Å². The van der Waals surface area contributed by atoms with Crippen molar-refractivity contribution < 1.29 is 4.79 Å². The third kappa shape index (κ3) is 3.58. The van der Waals surface area contributed by atoms with E-state index in [-0.39, 0.29) is 6.04 Å². The highest BCUT2D eigenvalue weighted by Gasteiger charge is 2.37. The number of benzene rings is 2. The van der Waals surface area contributed by atoms with Crippen LogP contribution in [-0.2, 0) is 4.79 Å². The summed E-state index contributed by atoms with van der Waals surface area (Å²) in [5.41, 5.74) is 10.8. The highest BCUT2D eigenvalue weighted by molar-refractivity contribution is 9.10. The lowest BCUT2D eigenvalue weighted by Gasteiger charge is -2.18. The molecule has 0 spiro atoms. The van der Waals surface area contributed by atoms with Crippen molar-refractivity contribution in [1.82, 2.24) is 5.43 Å². The van der Waals surface area contributed by atoms with E-state index in [4.69, 9.17) is 28.9 Å². The van der Waals surface area contributed by atoms with Crippen molar-refractivity contribution in [3.63, 3.8) is 0 Å². The fourth-order valence-electron chi connectivity index (χ4n) is 2.61. The first kappa shape index (κ1) is 17.3. The second-order valence-corrected chi connectivity index (χ2v) is 7.14. The van der Waals surface area contributed by atoms with Gasteiger partial charge >= 0.3 is 0 Å². The van der Waals surface area contributed by atoms with Crippen molar-refractivity contribution in [1.29, 1.82) is 0 Å². The van der Waals surface area contributed by atoms with Gasteiger partial charge in [-0.1, -0.05) is 57.3 Å². The number of carbonyl (C=O) groups excluding carboxylic acids is 1. The number of halogens is 3. The molecular weight excluding hydrogens is 413 g/mol. The lowest BCUT2D eigenvalue weighted by molar-refractivity contribution is -0.120. The Labute approximate surface area is 158 Å². The van der Waals surface area contributed by atoms with Gasteiger partial charge in [-0.05, 0) is 35.4 Å². The topological polar surface area (TPSA) is 67.5 Å². The van der Waals surface area contributed by atoms with Crippen LogP contribution in [0.25, 0.3) is 0 Å². The quantitative estimate of drug-likeness (QED) is 0.773. The fourth-order valence-corrected chi connectivity index (χ4v) is 3.33. The lowest BCUT2D eigenvalue weighted by Crippen LogP contribution is -2.34. The molecule has 1 amide bonds. The number of primary amides is 1. The SMILES string of the molecule is NC(=O)C1C([CH]c2ccc(Cl)cc2Cl)=NNC1c1ccc(Br)cc1. The monoisotopic (exact) mass is 424 g/mol. The molecule has 2 aromatic carbocycles. The molecule has 1 aliphatic rings. The van der Waals surface area contributed by atoms with Gasteiger partial charge in [-0.3, -0.25) is 4.79 Å². The van der Waals surface area contributed by atoms with Crippen LogP contribution in [0, 0.1) is 12.3 Å². The Balaban J connectivity index is 1.86. The molecule has 1 heterocycles. The second-order valence-electron chi connectivity index (χ2n) is 5.39. The predicted octanol–water partition coefficient (Wildman–Crippen LogP) is 4.11. The second kappa shape index (κ2) is 7.13. The van der Waals surface area contributed by atoms with Crippen LogP contribution >= 0.6 is 39.1 Å². The number of amides is 1. The van der Waals surface area contributed by atoms with Crippen LogP contribution in [0.4, 0.5) is 0 Å². The minimum Gasteiger partial charge on any atom is -0.369 e. The molecule has 1 radical (unpaired) electrons. The molecule has 2 atom stereocenters. The highest BCUT2D eigenvalue weighted by Crippen LogP contribution is 2.32. The van der Waals surface area contributed by atoms with E-state index in [2.05, 4.69) is 26.5 Å². The molecule has 2 aromatic rings. The number of nitrogens with zero attached hydrogens (tertiary/aromatic N) is 1. The van der Waals surface area contributed by atoms with Gasteiger partial charge in [0.05, 0.1) is 11.8 Å². The minimum atomic E-state index is -0.585. The van der Waals surface area contributed by atoms with Gasteiger partial charge in [-0.25, -0.2) is 0 Å². The first-order valence-electron chi connectivity index (χ1n) is 7.13. The van der Waals surface area contributed by atoms with Gasteiger partial charge in [-0.2, -0.15) is 5.10 Å². The summed E-state index contributed by atoms with van der Waals surface area (Å²) in [6.07, 6.45) is 1.75. The van der Waals surface area contributed by atoms with E-state index >= 15 is 0 Å². The van der Waals surface area contributed by atoms with E-state index in [9.17, 15) is 4.79 Å². The van der Waals surface area contributed by atoms with Gasteiger partial charge in [0.15, 0.2) is 0 Å². The van der Waals surface area contributed by atoms with Crippen LogP contribution in [0.3, 0.4) is 0 Å². The van der Waals surface area contributed by atoms with Crippen LogP contribution in [0.1, 0.15) is 17.2 Å². The molecule has 24 heavy (non-hydrogen) atoms. The number of hydrazone groups is 1. The van der Waals surface area contributed by atoms with Gasteiger partial charge in [0.2, 0.25) is 5.91 Å². The van der Waals surface area contributed by atoms with E-state index in [0.717, 1.165) is 15.6 Å². The Morgan fingerprint density at radius 3 is 2.54 bits per heavy atom. The van der Waals surface area contributed by atoms with Crippen LogP contribution in [0.15, 0.2) is 52.0 Å². The summed E-state index contributed by atoms with van der Waals surface area (Å²) in [5.74, 6) is -1.04. The summed E-state index contributed by atoms with van der Waals surface area (Å²) in [4.78, 5) is 12.0. The summed E-state index contributed by atoms with van der Waals surface area (Å²) in [6, 6.07) is 12.5. The Morgan fingerprint density at radius 1 is 1.21 bits per heavy atom. The van der Waals surface area contributed by atoms with Crippen LogP contribution < -0.4 is 11.2 Å². The predicted molar refractivity (Wildman–Crippen MR) is 100 cm³/mol. The summed E-state index contributed by atoms with van der Waals surface area (Å²) >= 11 is 15.5. The number of carbonyl (C=O) groups is 1. The van der Waals surface area contributed by atoms with Crippen LogP contribution in [0.2, 0.25) is 10.0 Å². The fraction of sp³-hybridized carbons (Fsp3) is 0.118.